The molecule has 4 rings (SSSR count). The van der Waals surface area contributed by atoms with E-state index in [1.165, 1.54) is 23.3 Å². The highest BCUT2D eigenvalue weighted by molar-refractivity contribution is 9.10. The van der Waals surface area contributed by atoms with Crippen molar-refractivity contribution < 1.29 is 26.2 Å². The van der Waals surface area contributed by atoms with E-state index >= 15 is 0 Å². The van der Waals surface area contributed by atoms with Gasteiger partial charge in [0.05, 0.1) is 18.2 Å². The van der Waals surface area contributed by atoms with Crippen molar-refractivity contribution in [3.05, 3.63) is 76.2 Å². The molecule has 0 aliphatic heterocycles. The van der Waals surface area contributed by atoms with Crippen LogP contribution in [0.4, 0.5) is 14.6 Å². The van der Waals surface area contributed by atoms with E-state index in [1.54, 1.807) is 0 Å². The maximum Gasteiger partial charge on any atom is 0.333 e. The Morgan fingerprint density at radius 2 is 2.11 bits per heavy atom. The summed E-state index contributed by atoms with van der Waals surface area (Å²) in [5, 5.41) is 7.75. The van der Waals surface area contributed by atoms with E-state index in [1.807, 2.05) is 24.3 Å². The van der Waals surface area contributed by atoms with Gasteiger partial charge in [0.15, 0.2) is 11.7 Å². The molecule has 3 atom stereocenters. The molecule has 1 saturated carbocycles. The number of benzene rings is 1. The Kier molecular flexibility index (Phi) is 7.59. The number of nitrogens with one attached hydrogen (secondary N) is 1. The molecule has 9 nitrogen and oxygen atoms in total. The Hall–Kier alpha value is -2.74. The molecule has 2 aromatic heterocycles. The number of anilines is 1. The maximum absolute atomic E-state index is 14.6. The number of ketones is 1. The summed E-state index contributed by atoms with van der Waals surface area (Å²) in [6.07, 6.45) is 2.87. The van der Waals surface area contributed by atoms with Crippen LogP contribution in [-0.2, 0) is 21.0 Å². The van der Waals surface area contributed by atoms with E-state index in [0.717, 1.165) is 16.1 Å². The minimum Gasteiger partial charge on any atom is -0.364 e. The largest absolute Gasteiger partial charge is 0.364 e. The zero-order chi connectivity index (χ0) is 25.2. The molecular formula is C22H22BrF2N5O4S. The van der Waals surface area contributed by atoms with Crippen LogP contribution >= 0.6 is 15.9 Å². The highest BCUT2D eigenvalue weighted by atomic mass is 79.9. The molecule has 0 spiro atoms. The van der Waals surface area contributed by atoms with Crippen LogP contribution in [-0.4, -0.2) is 47.6 Å². The summed E-state index contributed by atoms with van der Waals surface area (Å²) < 4.78 is 57.9. The molecule has 186 valence electrons. The van der Waals surface area contributed by atoms with Gasteiger partial charge in [-0.1, -0.05) is 28.1 Å². The first-order chi connectivity index (χ1) is 16.6. The van der Waals surface area contributed by atoms with E-state index in [4.69, 9.17) is 5.14 Å². The third-order valence-corrected chi connectivity index (χ3v) is 6.64. The van der Waals surface area contributed by atoms with Crippen LogP contribution in [0.2, 0.25) is 0 Å². The van der Waals surface area contributed by atoms with Gasteiger partial charge in [0, 0.05) is 35.0 Å². The molecule has 0 bridgehead atoms. The van der Waals surface area contributed by atoms with Crippen molar-refractivity contribution in [3.8, 4) is 0 Å². The van der Waals surface area contributed by atoms with Crippen molar-refractivity contribution in [2.24, 2.45) is 11.1 Å². The second kappa shape index (κ2) is 10.5. The maximum atomic E-state index is 14.6. The van der Waals surface area contributed by atoms with E-state index in [0.29, 0.717) is 0 Å². The minimum atomic E-state index is -4.12. The molecular weight excluding hydrogens is 548 g/mol. The first-order valence-electron chi connectivity index (χ1n) is 10.6. The summed E-state index contributed by atoms with van der Waals surface area (Å²) in [4.78, 5) is 21.1. The first kappa shape index (κ1) is 25.4. The fourth-order valence-corrected chi connectivity index (χ4v) is 4.89. The lowest BCUT2D eigenvalue weighted by Gasteiger charge is -2.17. The van der Waals surface area contributed by atoms with Gasteiger partial charge in [-0.15, -0.1) is 0 Å². The van der Waals surface area contributed by atoms with Gasteiger partial charge in [-0.3, -0.25) is 8.98 Å². The molecule has 0 radical (unpaired) electrons. The quantitative estimate of drug-likeness (QED) is 0.378. The normalized spacial score (nSPS) is 20.2. The fourth-order valence-electron chi connectivity index (χ4n) is 4.06. The number of carbonyl (C=O) groups excluding carboxylic acids is 1. The summed E-state index contributed by atoms with van der Waals surface area (Å²) in [6, 6.07) is 7.78. The van der Waals surface area contributed by atoms with E-state index in [9.17, 15) is 22.0 Å². The molecule has 2 heterocycles. The standard InChI is InChI=1S/C22H22BrF2N5O4S/c23-16-3-1-2-13(4-16)9-30-10-15(7-20(30)25)21(31)17-8-27-12-28-22(17)29-19-6-14(5-18(19)24)11-34-35(26,32)33/h1-4,7-8,10,12,14,18-19H,5-6,9,11H2,(H2,26,32,33)(H,27,28,29)/t14-,18+,19-/m1/s1. The predicted octanol–water partition coefficient (Wildman–Crippen LogP) is 3.21. The van der Waals surface area contributed by atoms with Gasteiger partial charge in [0.1, 0.15) is 18.3 Å². The molecule has 1 aliphatic rings. The molecule has 1 fully saturated rings. The third-order valence-electron chi connectivity index (χ3n) is 5.68. The first-order valence-corrected chi connectivity index (χ1v) is 12.9. The number of hydrogen-bond acceptors (Lipinski definition) is 7. The second-order valence-electron chi connectivity index (χ2n) is 8.31. The molecule has 1 aromatic carbocycles. The zero-order valence-electron chi connectivity index (χ0n) is 18.3. The SMILES string of the molecule is NS(=O)(=O)OC[C@@H]1C[C@H](F)[C@H](Nc2ncncc2C(=O)c2cc(F)n(Cc3cccc(Br)c3)c2)C1. The summed E-state index contributed by atoms with van der Waals surface area (Å²) in [5.74, 6) is -1.40. The summed E-state index contributed by atoms with van der Waals surface area (Å²) in [6.45, 7) is -0.0136. The van der Waals surface area contributed by atoms with Crippen molar-refractivity contribution in [1.82, 2.24) is 14.5 Å². The number of nitrogens with zero attached hydrogens (tertiary/aromatic N) is 3. The van der Waals surface area contributed by atoms with Crippen LogP contribution in [0.3, 0.4) is 0 Å². The van der Waals surface area contributed by atoms with Crippen LogP contribution < -0.4 is 10.5 Å². The van der Waals surface area contributed by atoms with Gasteiger partial charge in [-0.2, -0.15) is 12.8 Å². The van der Waals surface area contributed by atoms with Crippen molar-refractivity contribution >= 4 is 37.8 Å². The molecule has 35 heavy (non-hydrogen) atoms. The van der Waals surface area contributed by atoms with Gasteiger partial charge in [-0.05, 0) is 36.5 Å². The lowest BCUT2D eigenvalue weighted by molar-refractivity contribution is 0.103. The highest BCUT2D eigenvalue weighted by Gasteiger charge is 2.36. The number of alkyl halides is 1. The van der Waals surface area contributed by atoms with Crippen molar-refractivity contribution in [2.45, 2.75) is 31.6 Å². The molecule has 1 aliphatic carbocycles. The Balaban J connectivity index is 1.49. The van der Waals surface area contributed by atoms with E-state index in [-0.39, 0.29) is 48.9 Å². The number of carbonyl (C=O) groups is 1. The average Bonchev–Trinajstić information content (AvgIpc) is 3.34. The number of aromatic nitrogens is 3. The highest BCUT2D eigenvalue weighted by Crippen LogP contribution is 2.32. The van der Waals surface area contributed by atoms with Crippen LogP contribution in [0.1, 0.15) is 34.3 Å². The molecule has 3 aromatic rings. The predicted molar refractivity (Wildman–Crippen MR) is 127 cm³/mol. The third kappa shape index (κ3) is 6.48. The van der Waals surface area contributed by atoms with Crippen LogP contribution in [0.15, 0.2) is 53.5 Å². The van der Waals surface area contributed by atoms with Gasteiger partial charge in [-0.25, -0.2) is 19.5 Å². The molecule has 0 amide bonds. The number of rotatable bonds is 9. The number of hydrogen-bond donors (Lipinski definition) is 2. The van der Waals surface area contributed by atoms with Gasteiger partial charge in [0.2, 0.25) is 0 Å². The molecule has 0 unspecified atom stereocenters. The van der Waals surface area contributed by atoms with Crippen LogP contribution in [0.25, 0.3) is 0 Å². The number of nitrogens with two attached hydrogens (primary N) is 1. The number of halogens is 3. The van der Waals surface area contributed by atoms with Crippen LogP contribution in [0.5, 0.6) is 0 Å². The monoisotopic (exact) mass is 569 g/mol. The molecule has 0 saturated heterocycles. The Morgan fingerprint density at radius 1 is 1.31 bits per heavy atom. The van der Waals surface area contributed by atoms with Gasteiger partial charge >= 0.3 is 10.3 Å². The van der Waals surface area contributed by atoms with Gasteiger partial charge in [0.25, 0.3) is 0 Å². The zero-order valence-corrected chi connectivity index (χ0v) is 20.7. The summed E-state index contributed by atoms with van der Waals surface area (Å²) >= 11 is 3.38. The summed E-state index contributed by atoms with van der Waals surface area (Å²) in [7, 11) is -4.12. The fraction of sp³-hybridized carbons (Fsp3) is 0.318. The average molecular weight is 570 g/mol. The smallest absolute Gasteiger partial charge is 0.333 e. The van der Waals surface area contributed by atoms with Crippen molar-refractivity contribution in [3.63, 3.8) is 0 Å². The topological polar surface area (TPSA) is 129 Å². The Bertz CT molecular complexity index is 1340. The van der Waals surface area contributed by atoms with Crippen molar-refractivity contribution in [2.75, 3.05) is 11.9 Å². The summed E-state index contributed by atoms with van der Waals surface area (Å²) in [5.41, 5.74) is 0.996. The Labute approximate surface area is 209 Å². The van der Waals surface area contributed by atoms with E-state index < -0.39 is 34.2 Å². The molecule has 3 N–H and O–H groups in total. The van der Waals surface area contributed by atoms with Crippen molar-refractivity contribution in [1.29, 1.82) is 0 Å². The van der Waals surface area contributed by atoms with Crippen LogP contribution in [0, 0.1) is 11.9 Å². The minimum absolute atomic E-state index is 0.0588. The van der Waals surface area contributed by atoms with E-state index in [2.05, 4.69) is 35.4 Å². The lowest BCUT2D eigenvalue weighted by Crippen LogP contribution is -2.27. The second-order valence-corrected chi connectivity index (χ2v) is 10.4. The Morgan fingerprint density at radius 3 is 2.86 bits per heavy atom. The van der Waals surface area contributed by atoms with Gasteiger partial charge < -0.3 is 9.88 Å². The lowest BCUT2D eigenvalue weighted by atomic mass is 10.1. The molecule has 13 heteroatoms.